The van der Waals surface area contributed by atoms with Gasteiger partial charge >= 0.3 is 0 Å². The van der Waals surface area contributed by atoms with Gasteiger partial charge in [0.2, 0.25) is 5.13 Å². The number of benzene rings is 1. The maximum Gasteiger partial charge on any atom is 0.203 e. The molecule has 0 aliphatic rings. The standard InChI is InChI=1S/C12H16N4S/c1-2-16(8-10-6-4-3-5-7-10)9-11-14-15-12(13)17-11/h3-7H,2,8-9H2,1H3,(H2,13,15). The summed E-state index contributed by atoms with van der Waals surface area (Å²) in [5.74, 6) is 0. The summed E-state index contributed by atoms with van der Waals surface area (Å²) in [6.07, 6.45) is 0. The van der Waals surface area contributed by atoms with Crippen molar-refractivity contribution in [3.8, 4) is 0 Å². The molecule has 1 aromatic heterocycles. The molecule has 0 unspecified atom stereocenters. The Kier molecular flexibility index (Phi) is 4.06. The van der Waals surface area contributed by atoms with Crippen LogP contribution < -0.4 is 5.73 Å². The van der Waals surface area contributed by atoms with Crippen molar-refractivity contribution in [1.82, 2.24) is 15.1 Å². The molecule has 0 amide bonds. The molecule has 0 fully saturated rings. The second-order valence-corrected chi connectivity index (χ2v) is 4.92. The van der Waals surface area contributed by atoms with Gasteiger partial charge in [0.1, 0.15) is 5.01 Å². The molecule has 0 saturated heterocycles. The largest absolute Gasteiger partial charge is 0.374 e. The molecule has 0 aliphatic carbocycles. The lowest BCUT2D eigenvalue weighted by molar-refractivity contribution is 0.270. The van der Waals surface area contributed by atoms with E-state index in [-0.39, 0.29) is 0 Å². The van der Waals surface area contributed by atoms with E-state index in [1.54, 1.807) is 0 Å². The fourth-order valence-electron chi connectivity index (χ4n) is 1.64. The lowest BCUT2D eigenvalue weighted by Crippen LogP contribution is -2.22. The minimum atomic E-state index is 0.538. The smallest absolute Gasteiger partial charge is 0.203 e. The Bertz CT molecular complexity index is 455. The van der Waals surface area contributed by atoms with Crippen LogP contribution in [0.15, 0.2) is 30.3 Å². The topological polar surface area (TPSA) is 55.0 Å². The highest BCUT2D eigenvalue weighted by molar-refractivity contribution is 7.15. The van der Waals surface area contributed by atoms with Gasteiger partial charge in [-0.15, -0.1) is 10.2 Å². The summed E-state index contributed by atoms with van der Waals surface area (Å²) >= 11 is 1.46. The molecule has 0 bridgehead atoms. The Morgan fingerprint density at radius 3 is 2.53 bits per heavy atom. The van der Waals surface area contributed by atoms with E-state index in [9.17, 15) is 0 Å². The Balaban J connectivity index is 1.98. The van der Waals surface area contributed by atoms with Crippen molar-refractivity contribution in [2.75, 3.05) is 12.3 Å². The zero-order valence-corrected chi connectivity index (χ0v) is 10.7. The number of aromatic nitrogens is 2. The Hall–Kier alpha value is -1.46. The van der Waals surface area contributed by atoms with Crippen LogP contribution in [0.4, 0.5) is 5.13 Å². The maximum atomic E-state index is 5.57. The molecule has 2 rings (SSSR count). The van der Waals surface area contributed by atoms with Gasteiger partial charge in [-0.05, 0) is 12.1 Å². The Morgan fingerprint density at radius 1 is 1.18 bits per heavy atom. The number of nitrogens with zero attached hydrogens (tertiary/aromatic N) is 3. The molecule has 2 aromatic rings. The van der Waals surface area contributed by atoms with Gasteiger partial charge in [0.25, 0.3) is 0 Å². The second kappa shape index (κ2) is 5.75. The molecule has 0 atom stereocenters. The minimum absolute atomic E-state index is 0.538. The SMILES string of the molecule is CCN(Cc1ccccc1)Cc1nnc(N)s1. The quantitative estimate of drug-likeness (QED) is 0.881. The van der Waals surface area contributed by atoms with E-state index in [2.05, 4.69) is 46.3 Å². The van der Waals surface area contributed by atoms with Gasteiger partial charge in [0.05, 0.1) is 6.54 Å². The van der Waals surface area contributed by atoms with Crippen molar-refractivity contribution in [3.63, 3.8) is 0 Å². The molecule has 0 aliphatic heterocycles. The van der Waals surface area contributed by atoms with Gasteiger partial charge < -0.3 is 5.73 Å². The van der Waals surface area contributed by atoms with E-state index in [4.69, 9.17) is 5.73 Å². The summed E-state index contributed by atoms with van der Waals surface area (Å²) in [5.41, 5.74) is 6.89. The molecule has 0 spiro atoms. The predicted octanol–water partition coefficient (Wildman–Crippen LogP) is 2.14. The van der Waals surface area contributed by atoms with Crippen molar-refractivity contribution < 1.29 is 0 Å². The summed E-state index contributed by atoms with van der Waals surface area (Å²) in [7, 11) is 0. The van der Waals surface area contributed by atoms with Crippen molar-refractivity contribution in [2.24, 2.45) is 0 Å². The highest BCUT2D eigenvalue weighted by atomic mass is 32.1. The van der Waals surface area contributed by atoms with E-state index in [0.717, 1.165) is 24.6 Å². The lowest BCUT2D eigenvalue weighted by Gasteiger charge is -2.18. The summed E-state index contributed by atoms with van der Waals surface area (Å²) in [5, 5.41) is 9.39. The summed E-state index contributed by atoms with van der Waals surface area (Å²) in [6, 6.07) is 10.4. The average molecular weight is 248 g/mol. The fourth-order valence-corrected chi connectivity index (χ4v) is 2.29. The average Bonchev–Trinajstić information content (AvgIpc) is 2.75. The van der Waals surface area contributed by atoms with E-state index in [1.165, 1.54) is 16.9 Å². The summed E-state index contributed by atoms with van der Waals surface area (Å²) in [6.45, 7) is 4.86. The van der Waals surface area contributed by atoms with Crippen LogP contribution in [0, 0.1) is 0 Å². The molecular weight excluding hydrogens is 232 g/mol. The monoisotopic (exact) mass is 248 g/mol. The molecule has 17 heavy (non-hydrogen) atoms. The summed E-state index contributed by atoms with van der Waals surface area (Å²) < 4.78 is 0. The zero-order valence-electron chi connectivity index (χ0n) is 9.84. The molecule has 2 N–H and O–H groups in total. The molecule has 0 radical (unpaired) electrons. The highest BCUT2D eigenvalue weighted by Crippen LogP contribution is 2.14. The van der Waals surface area contributed by atoms with E-state index >= 15 is 0 Å². The highest BCUT2D eigenvalue weighted by Gasteiger charge is 2.08. The van der Waals surface area contributed by atoms with Crippen LogP contribution in [-0.2, 0) is 13.1 Å². The van der Waals surface area contributed by atoms with Gasteiger partial charge in [-0.1, -0.05) is 48.6 Å². The van der Waals surface area contributed by atoms with Crippen LogP contribution in [0.1, 0.15) is 17.5 Å². The molecule has 0 saturated carbocycles. The van der Waals surface area contributed by atoms with Crippen molar-refractivity contribution in [3.05, 3.63) is 40.9 Å². The number of hydrogen-bond acceptors (Lipinski definition) is 5. The van der Waals surface area contributed by atoms with Gasteiger partial charge in [0, 0.05) is 6.54 Å². The van der Waals surface area contributed by atoms with Crippen LogP contribution in [0.25, 0.3) is 0 Å². The van der Waals surface area contributed by atoms with Crippen LogP contribution >= 0.6 is 11.3 Å². The van der Waals surface area contributed by atoms with Crippen LogP contribution in [0.2, 0.25) is 0 Å². The normalized spacial score (nSPS) is 10.9. The van der Waals surface area contributed by atoms with Crippen molar-refractivity contribution in [1.29, 1.82) is 0 Å². The first-order chi connectivity index (χ1) is 8.28. The molecular formula is C12H16N4S. The molecule has 1 heterocycles. The third-order valence-electron chi connectivity index (χ3n) is 2.54. The molecule has 90 valence electrons. The van der Waals surface area contributed by atoms with Gasteiger partial charge in [-0.25, -0.2) is 0 Å². The number of nitrogen functional groups attached to an aromatic ring is 1. The lowest BCUT2D eigenvalue weighted by atomic mass is 10.2. The third-order valence-corrected chi connectivity index (χ3v) is 3.27. The second-order valence-electron chi connectivity index (χ2n) is 3.82. The zero-order chi connectivity index (χ0) is 12.1. The van der Waals surface area contributed by atoms with Gasteiger partial charge in [0.15, 0.2) is 0 Å². The van der Waals surface area contributed by atoms with Crippen LogP contribution in [-0.4, -0.2) is 21.6 Å². The first kappa shape index (κ1) is 12.0. The van der Waals surface area contributed by atoms with Crippen LogP contribution in [0.3, 0.4) is 0 Å². The fraction of sp³-hybridized carbons (Fsp3) is 0.333. The number of anilines is 1. The predicted molar refractivity (Wildman–Crippen MR) is 70.6 cm³/mol. The first-order valence-corrected chi connectivity index (χ1v) is 6.43. The van der Waals surface area contributed by atoms with Crippen LogP contribution in [0.5, 0.6) is 0 Å². The number of hydrogen-bond donors (Lipinski definition) is 1. The molecule has 5 heteroatoms. The van der Waals surface area contributed by atoms with E-state index in [1.807, 2.05) is 6.07 Å². The van der Waals surface area contributed by atoms with Crippen molar-refractivity contribution in [2.45, 2.75) is 20.0 Å². The van der Waals surface area contributed by atoms with Crippen molar-refractivity contribution >= 4 is 16.5 Å². The van der Waals surface area contributed by atoms with Gasteiger partial charge in [-0.3, -0.25) is 4.90 Å². The van der Waals surface area contributed by atoms with E-state index < -0.39 is 0 Å². The first-order valence-electron chi connectivity index (χ1n) is 5.62. The van der Waals surface area contributed by atoms with E-state index in [0.29, 0.717) is 5.13 Å². The third kappa shape index (κ3) is 3.51. The molecule has 1 aromatic carbocycles. The maximum absolute atomic E-state index is 5.57. The number of nitrogens with two attached hydrogens (primary N) is 1. The molecule has 4 nitrogen and oxygen atoms in total. The Labute approximate surface area is 105 Å². The van der Waals surface area contributed by atoms with Gasteiger partial charge in [-0.2, -0.15) is 0 Å². The number of rotatable bonds is 5. The minimum Gasteiger partial charge on any atom is -0.374 e. The summed E-state index contributed by atoms with van der Waals surface area (Å²) in [4.78, 5) is 2.31. The Morgan fingerprint density at radius 2 is 1.94 bits per heavy atom.